The van der Waals surface area contributed by atoms with E-state index in [1.807, 2.05) is 12.1 Å². The van der Waals surface area contributed by atoms with E-state index in [9.17, 15) is 9.59 Å². The molecule has 0 saturated heterocycles. The van der Waals surface area contributed by atoms with Gasteiger partial charge in [-0.15, -0.1) is 0 Å². The first-order valence-electron chi connectivity index (χ1n) is 12.1. The Bertz CT molecular complexity index is 1830. The number of fused-ring (bicyclic) bond motifs is 2. The molecule has 0 N–H and O–H groups in total. The molecule has 3 aromatic carbocycles. The average molecular weight is 562 g/mol. The monoisotopic (exact) mass is 561 g/mol. The van der Waals surface area contributed by atoms with E-state index in [2.05, 4.69) is 5.10 Å². The third-order valence-electron chi connectivity index (χ3n) is 6.12. The summed E-state index contributed by atoms with van der Waals surface area (Å²) < 4.78 is 28.5. The van der Waals surface area contributed by atoms with Gasteiger partial charge in [-0.1, -0.05) is 29.8 Å². The van der Waals surface area contributed by atoms with Gasteiger partial charge in [-0.3, -0.25) is 4.79 Å². The molecule has 11 heteroatoms. The number of halogens is 1. The zero-order valence-electron chi connectivity index (χ0n) is 22.0. The Labute approximate surface area is 233 Å². The normalized spacial score (nSPS) is 12.1. The molecule has 0 unspecified atom stereocenters. The van der Waals surface area contributed by atoms with Crippen LogP contribution in [0.2, 0.25) is 5.02 Å². The summed E-state index contributed by atoms with van der Waals surface area (Å²) >= 11 is 6.47. The van der Waals surface area contributed by atoms with E-state index in [0.717, 1.165) is 10.1 Å². The first-order valence-corrected chi connectivity index (χ1v) is 12.5. The van der Waals surface area contributed by atoms with Crippen molar-refractivity contribution in [2.75, 3.05) is 21.3 Å². The van der Waals surface area contributed by atoms with Crippen LogP contribution in [0.15, 0.2) is 75.0 Å². The molecule has 0 aliphatic heterocycles. The molecule has 204 valence electrons. The number of rotatable bonds is 8. The lowest BCUT2D eigenvalue weighted by Gasteiger charge is -2.16. The smallest absolute Gasteiger partial charge is 0.346 e. The van der Waals surface area contributed by atoms with Gasteiger partial charge in [0.2, 0.25) is 5.82 Å². The lowest BCUT2D eigenvalue weighted by molar-refractivity contribution is -0.147. The Balaban J connectivity index is 1.62. The third kappa shape index (κ3) is 4.96. The van der Waals surface area contributed by atoms with Crippen molar-refractivity contribution >= 4 is 45.7 Å². The minimum absolute atomic E-state index is 0.167. The van der Waals surface area contributed by atoms with Crippen molar-refractivity contribution in [2.24, 2.45) is 5.10 Å². The van der Waals surface area contributed by atoms with Gasteiger partial charge in [0, 0.05) is 0 Å². The fourth-order valence-corrected chi connectivity index (χ4v) is 4.42. The lowest BCUT2D eigenvalue weighted by atomic mass is 10.2. The number of carbonyl (C=O) groups excluding carboxylic acids is 1. The summed E-state index contributed by atoms with van der Waals surface area (Å²) in [6.45, 7) is 1.53. The van der Waals surface area contributed by atoms with Crippen LogP contribution >= 0.6 is 11.6 Å². The van der Waals surface area contributed by atoms with Crippen LogP contribution in [0, 0.1) is 0 Å². The van der Waals surface area contributed by atoms with Crippen LogP contribution in [0.1, 0.15) is 12.5 Å². The highest BCUT2D eigenvalue weighted by atomic mass is 35.5. The zero-order valence-corrected chi connectivity index (χ0v) is 22.8. The summed E-state index contributed by atoms with van der Waals surface area (Å²) in [5.74, 6) is 1.01. The van der Waals surface area contributed by atoms with Crippen LogP contribution in [0.25, 0.3) is 33.5 Å². The molecule has 2 heterocycles. The molecule has 1 atom stereocenters. The molecule has 0 bridgehead atoms. The van der Waals surface area contributed by atoms with Crippen LogP contribution in [-0.2, 0) is 9.53 Å². The fourth-order valence-electron chi connectivity index (χ4n) is 4.16. The Morgan fingerprint density at radius 3 is 2.55 bits per heavy atom. The summed E-state index contributed by atoms with van der Waals surface area (Å²) in [5.41, 5.74) is 1.17. The van der Waals surface area contributed by atoms with Gasteiger partial charge in [0.25, 0.3) is 5.56 Å². The molecule has 0 aliphatic carbocycles. The van der Waals surface area contributed by atoms with Gasteiger partial charge in [-0.25, -0.2) is 9.78 Å². The molecule has 5 rings (SSSR count). The van der Waals surface area contributed by atoms with Crippen molar-refractivity contribution in [3.63, 3.8) is 0 Å². The van der Waals surface area contributed by atoms with Gasteiger partial charge in [0.1, 0.15) is 11.3 Å². The highest BCUT2D eigenvalue weighted by molar-refractivity contribution is 6.32. The van der Waals surface area contributed by atoms with Crippen molar-refractivity contribution in [3.05, 3.63) is 81.6 Å². The van der Waals surface area contributed by atoms with Crippen LogP contribution in [0.3, 0.4) is 0 Å². The molecule has 5 aromatic rings. The molecular weight excluding hydrogens is 538 g/mol. The lowest BCUT2D eigenvalue weighted by Crippen LogP contribution is -2.25. The number of hydrogen-bond acceptors (Lipinski definition) is 9. The van der Waals surface area contributed by atoms with Crippen molar-refractivity contribution in [1.29, 1.82) is 0 Å². The maximum Gasteiger partial charge on any atom is 0.346 e. The van der Waals surface area contributed by atoms with Crippen LogP contribution in [0.4, 0.5) is 0 Å². The summed E-state index contributed by atoms with van der Waals surface area (Å²) in [4.78, 5) is 30.1. The van der Waals surface area contributed by atoms with Gasteiger partial charge < -0.3 is 23.4 Å². The average Bonchev–Trinajstić information content (AvgIpc) is 3.41. The van der Waals surface area contributed by atoms with Gasteiger partial charge in [-0.05, 0) is 55.0 Å². The minimum atomic E-state index is -0.914. The first-order chi connectivity index (χ1) is 19.3. The summed E-state index contributed by atoms with van der Waals surface area (Å²) in [7, 11) is 4.27. The van der Waals surface area contributed by atoms with Gasteiger partial charge >= 0.3 is 5.97 Å². The molecule has 0 aliphatic rings. The number of methoxy groups -OCH3 is 3. The van der Waals surface area contributed by atoms with Crippen molar-refractivity contribution < 1.29 is 28.2 Å². The summed E-state index contributed by atoms with van der Waals surface area (Å²) in [6, 6.07) is 17.3. The number of hydrogen-bond donors (Lipinski definition) is 0. The number of para-hydroxylation sites is 1. The van der Waals surface area contributed by atoms with Crippen molar-refractivity contribution in [1.82, 2.24) is 9.66 Å². The highest BCUT2D eigenvalue weighted by Crippen LogP contribution is 2.37. The number of aromatic nitrogens is 2. The van der Waals surface area contributed by atoms with E-state index in [1.165, 1.54) is 27.4 Å². The van der Waals surface area contributed by atoms with Crippen LogP contribution < -0.4 is 19.8 Å². The van der Waals surface area contributed by atoms with Gasteiger partial charge in [-0.2, -0.15) is 9.78 Å². The van der Waals surface area contributed by atoms with Crippen molar-refractivity contribution in [3.8, 4) is 28.8 Å². The molecule has 2 aromatic heterocycles. The van der Waals surface area contributed by atoms with Gasteiger partial charge in [0.15, 0.2) is 23.4 Å². The molecule has 0 radical (unpaired) electrons. The number of esters is 1. The molecule has 10 nitrogen and oxygen atoms in total. The third-order valence-corrected chi connectivity index (χ3v) is 6.40. The first kappa shape index (κ1) is 26.8. The Morgan fingerprint density at radius 1 is 1.02 bits per heavy atom. The van der Waals surface area contributed by atoms with E-state index in [4.69, 9.17) is 39.9 Å². The van der Waals surface area contributed by atoms with E-state index < -0.39 is 17.6 Å². The second-order valence-corrected chi connectivity index (χ2v) is 9.02. The number of ether oxygens (including phenoxy) is 4. The molecule has 0 amide bonds. The number of carbonyl (C=O) groups is 1. The SMILES string of the molecule is COC(=O)[C@@H](C)Oc1c(Cl)cc(C=Nn2c(-c3cc4c(OC)cccc4o3)nc3ccccc3c2=O)cc1OC. The summed E-state index contributed by atoms with van der Waals surface area (Å²) in [5, 5.41) is 5.74. The van der Waals surface area contributed by atoms with Crippen LogP contribution in [0.5, 0.6) is 17.2 Å². The highest BCUT2D eigenvalue weighted by Gasteiger charge is 2.21. The van der Waals surface area contributed by atoms with E-state index in [1.54, 1.807) is 55.6 Å². The van der Waals surface area contributed by atoms with Gasteiger partial charge in [0.05, 0.1) is 48.9 Å². The Hall–Kier alpha value is -4.83. The number of furan rings is 1. The standard InChI is InChI=1S/C29H24ClN3O7/c1-16(29(35)38-4)39-26-20(30)12-17(13-24(26)37-3)15-31-33-27(32-21-9-6-5-8-18(21)28(33)34)25-14-19-22(36-2)10-7-11-23(19)40-25/h5-16H,1-4H3/t16-/m1/s1. The quantitative estimate of drug-likeness (QED) is 0.185. The molecule has 0 fully saturated rings. The molecular formula is C29H24ClN3O7. The predicted octanol–water partition coefficient (Wildman–Crippen LogP) is 5.30. The van der Waals surface area contributed by atoms with E-state index >= 15 is 0 Å². The number of benzene rings is 3. The Morgan fingerprint density at radius 2 is 1.80 bits per heavy atom. The molecule has 0 spiro atoms. The van der Waals surface area contributed by atoms with E-state index in [-0.39, 0.29) is 22.3 Å². The minimum Gasteiger partial charge on any atom is -0.496 e. The molecule has 40 heavy (non-hydrogen) atoms. The second kappa shape index (κ2) is 11.1. The maximum absolute atomic E-state index is 13.6. The largest absolute Gasteiger partial charge is 0.496 e. The maximum atomic E-state index is 13.6. The fraction of sp³-hybridized carbons (Fsp3) is 0.172. The Kier molecular flexibility index (Phi) is 7.43. The van der Waals surface area contributed by atoms with E-state index in [0.29, 0.717) is 33.6 Å². The second-order valence-electron chi connectivity index (χ2n) is 8.61. The topological polar surface area (TPSA) is 114 Å². The number of nitrogens with zero attached hydrogens (tertiary/aromatic N) is 3. The van der Waals surface area contributed by atoms with Crippen LogP contribution in [-0.4, -0.2) is 49.3 Å². The zero-order chi connectivity index (χ0) is 28.4. The summed E-state index contributed by atoms with van der Waals surface area (Å²) in [6.07, 6.45) is 0.523. The predicted molar refractivity (Wildman–Crippen MR) is 151 cm³/mol. The van der Waals surface area contributed by atoms with Crippen molar-refractivity contribution in [2.45, 2.75) is 13.0 Å². The molecule has 0 saturated carbocycles.